The van der Waals surface area contributed by atoms with E-state index in [0.717, 1.165) is 11.3 Å². The van der Waals surface area contributed by atoms with Gasteiger partial charge in [-0.05, 0) is 35.9 Å². The number of halogens is 1. The average Bonchev–Trinajstić information content (AvgIpc) is 2.45. The highest BCUT2D eigenvalue weighted by Crippen LogP contribution is 2.15. The SMILES string of the molecule is COc1cccc(COC(=O)c2cccc(Cl)c2)c1. The Labute approximate surface area is 116 Å². The molecule has 4 heteroatoms. The Balaban J connectivity index is 2.00. The monoisotopic (exact) mass is 276 g/mol. The summed E-state index contributed by atoms with van der Waals surface area (Å²) in [6.45, 7) is 0.197. The second-order valence-electron chi connectivity index (χ2n) is 3.94. The number of methoxy groups -OCH3 is 1. The summed E-state index contributed by atoms with van der Waals surface area (Å²) in [7, 11) is 1.59. The van der Waals surface area contributed by atoms with Crippen molar-refractivity contribution in [2.75, 3.05) is 7.11 Å². The lowest BCUT2D eigenvalue weighted by molar-refractivity contribution is 0.0472. The third-order valence-electron chi connectivity index (χ3n) is 2.56. The van der Waals surface area contributed by atoms with E-state index >= 15 is 0 Å². The lowest BCUT2D eigenvalue weighted by Crippen LogP contribution is -2.05. The number of carbonyl (C=O) groups excluding carboxylic acids is 1. The molecule has 0 aliphatic heterocycles. The standard InChI is InChI=1S/C15H13ClO3/c1-18-14-7-2-4-11(8-14)10-19-15(17)12-5-3-6-13(16)9-12/h2-9H,10H2,1H3. The van der Waals surface area contributed by atoms with E-state index in [1.807, 2.05) is 24.3 Å². The number of benzene rings is 2. The van der Waals surface area contributed by atoms with E-state index in [9.17, 15) is 4.79 Å². The normalized spacial score (nSPS) is 10.0. The van der Waals surface area contributed by atoms with Gasteiger partial charge in [0.1, 0.15) is 12.4 Å². The van der Waals surface area contributed by atoms with Gasteiger partial charge < -0.3 is 9.47 Å². The topological polar surface area (TPSA) is 35.5 Å². The summed E-state index contributed by atoms with van der Waals surface area (Å²) in [6, 6.07) is 14.0. The predicted octanol–water partition coefficient (Wildman–Crippen LogP) is 3.71. The van der Waals surface area contributed by atoms with Gasteiger partial charge in [-0.2, -0.15) is 0 Å². The molecule has 0 saturated heterocycles. The van der Waals surface area contributed by atoms with E-state index in [1.165, 1.54) is 0 Å². The Morgan fingerprint density at radius 1 is 1.16 bits per heavy atom. The van der Waals surface area contributed by atoms with Crippen LogP contribution in [0, 0.1) is 0 Å². The van der Waals surface area contributed by atoms with Crippen LogP contribution in [0.3, 0.4) is 0 Å². The smallest absolute Gasteiger partial charge is 0.338 e. The van der Waals surface area contributed by atoms with Crippen LogP contribution in [0.4, 0.5) is 0 Å². The summed E-state index contributed by atoms with van der Waals surface area (Å²) in [6.07, 6.45) is 0. The highest BCUT2D eigenvalue weighted by Gasteiger charge is 2.07. The van der Waals surface area contributed by atoms with E-state index in [0.29, 0.717) is 10.6 Å². The lowest BCUT2D eigenvalue weighted by atomic mass is 10.2. The molecule has 0 aliphatic carbocycles. The number of hydrogen-bond acceptors (Lipinski definition) is 3. The minimum absolute atomic E-state index is 0.197. The number of hydrogen-bond donors (Lipinski definition) is 0. The van der Waals surface area contributed by atoms with Gasteiger partial charge in [0.25, 0.3) is 0 Å². The number of ether oxygens (including phenoxy) is 2. The molecule has 0 fully saturated rings. The average molecular weight is 277 g/mol. The Morgan fingerprint density at radius 3 is 2.68 bits per heavy atom. The first-order valence-corrected chi connectivity index (χ1v) is 6.12. The van der Waals surface area contributed by atoms with Gasteiger partial charge in [-0.25, -0.2) is 4.79 Å². The number of carbonyl (C=O) groups is 1. The van der Waals surface area contributed by atoms with E-state index in [4.69, 9.17) is 21.1 Å². The molecule has 2 aromatic rings. The molecule has 0 aliphatic rings. The van der Waals surface area contributed by atoms with E-state index in [-0.39, 0.29) is 6.61 Å². The van der Waals surface area contributed by atoms with Gasteiger partial charge in [0, 0.05) is 5.02 Å². The molecule has 0 saturated carbocycles. The molecule has 2 aromatic carbocycles. The van der Waals surface area contributed by atoms with Crippen molar-refractivity contribution in [1.82, 2.24) is 0 Å². The highest BCUT2D eigenvalue weighted by molar-refractivity contribution is 6.30. The zero-order valence-corrected chi connectivity index (χ0v) is 11.2. The second kappa shape index (κ2) is 6.25. The second-order valence-corrected chi connectivity index (χ2v) is 4.37. The van der Waals surface area contributed by atoms with Gasteiger partial charge in [-0.1, -0.05) is 29.8 Å². The van der Waals surface area contributed by atoms with Gasteiger partial charge in [0.05, 0.1) is 12.7 Å². The van der Waals surface area contributed by atoms with Gasteiger partial charge in [-0.15, -0.1) is 0 Å². The first-order chi connectivity index (χ1) is 9.19. The molecule has 0 N–H and O–H groups in total. The zero-order chi connectivity index (χ0) is 13.7. The third-order valence-corrected chi connectivity index (χ3v) is 2.80. The molecule has 2 rings (SSSR count). The van der Waals surface area contributed by atoms with E-state index < -0.39 is 5.97 Å². The van der Waals surface area contributed by atoms with Gasteiger partial charge >= 0.3 is 5.97 Å². The lowest BCUT2D eigenvalue weighted by Gasteiger charge is -2.06. The van der Waals surface area contributed by atoms with Crippen LogP contribution in [0.2, 0.25) is 5.02 Å². The molecule has 0 aromatic heterocycles. The quantitative estimate of drug-likeness (QED) is 0.799. The van der Waals surface area contributed by atoms with Crippen LogP contribution in [0.15, 0.2) is 48.5 Å². The molecule has 19 heavy (non-hydrogen) atoms. The van der Waals surface area contributed by atoms with Crippen LogP contribution in [0.1, 0.15) is 15.9 Å². The molecular weight excluding hydrogens is 264 g/mol. The molecule has 0 radical (unpaired) electrons. The summed E-state index contributed by atoms with van der Waals surface area (Å²) in [5.74, 6) is 0.335. The molecular formula is C15H13ClO3. The Bertz CT molecular complexity index is 581. The van der Waals surface area contributed by atoms with Gasteiger partial charge in [0.15, 0.2) is 0 Å². The molecule has 0 amide bonds. The molecule has 98 valence electrons. The maximum Gasteiger partial charge on any atom is 0.338 e. The maximum atomic E-state index is 11.8. The largest absolute Gasteiger partial charge is 0.497 e. The summed E-state index contributed by atoms with van der Waals surface area (Å²) in [5, 5.41) is 0.510. The van der Waals surface area contributed by atoms with Crippen LogP contribution >= 0.6 is 11.6 Å². The fraction of sp³-hybridized carbons (Fsp3) is 0.133. The molecule has 0 bridgehead atoms. The molecule has 0 unspecified atom stereocenters. The Hall–Kier alpha value is -2.00. The molecule has 0 atom stereocenters. The highest BCUT2D eigenvalue weighted by atomic mass is 35.5. The fourth-order valence-electron chi connectivity index (χ4n) is 1.61. The predicted molar refractivity (Wildman–Crippen MR) is 73.6 cm³/mol. The van der Waals surface area contributed by atoms with Crippen LogP contribution < -0.4 is 4.74 Å². The third kappa shape index (κ3) is 3.73. The Kier molecular flexibility index (Phi) is 4.42. The maximum absolute atomic E-state index is 11.8. The van der Waals surface area contributed by atoms with Crippen molar-refractivity contribution >= 4 is 17.6 Å². The number of esters is 1. The molecule has 0 heterocycles. The van der Waals surface area contributed by atoms with Crippen LogP contribution in [0.5, 0.6) is 5.75 Å². The van der Waals surface area contributed by atoms with Gasteiger partial charge in [-0.3, -0.25) is 0 Å². The van der Waals surface area contributed by atoms with Crippen LogP contribution in [-0.4, -0.2) is 13.1 Å². The van der Waals surface area contributed by atoms with Crippen molar-refractivity contribution in [3.63, 3.8) is 0 Å². The zero-order valence-electron chi connectivity index (χ0n) is 10.4. The van der Waals surface area contributed by atoms with Crippen molar-refractivity contribution in [1.29, 1.82) is 0 Å². The van der Waals surface area contributed by atoms with Crippen LogP contribution in [-0.2, 0) is 11.3 Å². The van der Waals surface area contributed by atoms with Crippen molar-refractivity contribution in [2.24, 2.45) is 0 Å². The first kappa shape index (κ1) is 13.4. The Morgan fingerprint density at radius 2 is 1.95 bits per heavy atom. The van der Waals surface area contributed by atoms with Crippen molar-refractivity contribution in [3.8, 4) is 5.75 Å². The van der Waals surface area contributed by atoms with Crippen molar-refractivity contribution in [2.45, 2.75) is 6.61 Å². The van der Waals surface area contributed by atoms with Crippen molar-refractivity contribution < 1.29 is 14.3 Å². The van der Waals surface area contributed by atoms with Crippen LogP contribution in [0.25, 0.3) is 0 Å². The van der Waals surface area contributed by atoms with Gasteiger partial charge in [0.2, 0.25) is 0 Å². The van der Waals surface area contributed by atoms with Crippen molar-refractivity contribution in [3.05, 3.63) is 64.7 Å². The first-order valence-electron chi connectivity index (χ1n) is 5.74. The summed E-state index contributed by atoms with van der Waals surface area (Å²) in [5.41, 5.74) is 1.31. The summed E-state index contributed by atoms with van der Waals surface area (Å²) >= 11 is 5.82. The minimum Gasteiger partial charge on any atom is -0.497 e. The van der Waals surface area contributed by atoms with E-state index in [2.05, 4.69) is 0 Å². The molecule has 0 spiro atoms. The molecule has 3 nitrogen and oxygen atoms in total. The minimum atomic E-state index is -0.398. The summed E-state index contributed by atoms with van der Waals surface area (Å²) < 4.78 is 10.3. The summed E-state index contributed by atoms with van der Waals surface area (Å²) in [4.78, 5) is 11.8. The fourth-order valence-corrected chi connectivity index (χ4v) is 1.80. The number of rotatable bonds is 4. The van der Waals surface area contributed by atoms with E-state index in [1.54, 1.807) is 31.4 Å².